The molecule has 0 saturated carbocycles. The van der Waals surface area contributed by atoms with Gasteiger partial charge in [-0.05, 0) is 61.7 Å². The standard InChI is InChI=1S/C32H40ClN3O6S/c1-6-8-19-34-32(38)28(7-2)35(21-24-11-13-25(33)14-12-24)31(37)22-36(26-15-9-23(3)10-16-26)43(39,40)27-17-18-29(41-4)30(20-27)42-5/h9-18,20,28H,6-8,19,21-22H2,1-5H3,(H,34,38)/t28-/m0/s1. The smallest absolute Gasteiger partial charge is 0.264 e. The zero-order chi connectivity index (χ0) is 31.6. The number of amides is 2. The van der Waals surface area contributed by atoms with E-state index in [0.29, 0.717) is 29.4 Å². The minimum absolute atomic E-state index is 0.0767. The molecule has 3 rings (SSSR count). The molecule has 3 aromatic carbocycles. The fourth-order valence-electron chi connectivity index (χ4n) is 4.56. The van der Waals surface area contributed by atoms with E-state index < -0.39 is 28.5 Å². The van der Waals surface area contributed by atoms with Crippen molar-refractivity contribution >= 4 is 39.1 Å². The highest BCUT2D eigenvalue weighted by atomic mass is 35.5. The zero-order valence-electron chi connectivity index (χ0n) is 25.3. The van der Waals surface area contributed by atoms with Crippen molar-refractivity contribution in [1.29, 1.82) is 0 Å². The van der Waals surface area contributed by atoms with Gasteiger partial charge in [0.1, 0.15) is 12.6 Å². The Morgan fingerprint density at radius 3 is 2.16 bits per heavy atom. The van der Waals surface area contributed by atoms with Gasteiger partial charge < -0.3 is 19.7 Å². The summed E-state index contributed by atoms with van der Waals surface area (Å²) >= 11 is 6.08. The molecular formula is C32H40ClN3O6S. The van der Waals surface area contributed by atoms with Crippen molar-refractivity contribution in [3.8, 4) is 11.5 Å². The van der Waals surface area contributed by atoms with Crippen LogP contribution in [0.2, 0.25) is 5.02 Å². The van der Waals surface area contributed by atoms with Crippen LogP contribution in [0.15, 0.2) is 71.6 Å². The van der Waals surface area contributed by atoms with Gasteiger partial charge in [0.25, 0.3) is 10.0 Å². The third kappa shape index (κ3) is 8.64. The Bertz CT molecular complexity index is 1480. The summed E-state index contributed by atoms with van der Waals surface area (Å²) in [6, 6.07) is 17.3. The first-order valence-electron chi connectivity index (χ1n) is 14.2. The topological polar surface area (TPSA) is 105 Å². The number of rotatable bonds is 15. The summed E-state index contributed by atoms with van der Waals surface area (Å²) in [5.74, 6) is -0.216. The number of carbonyl (C=O) groups is 2. The van der Waals surface area contributed by atoms with Gasteiger partial charge in [-0.1, -0.05) is 61.7 Å². The maximum atomic E-state index is 14.2. The number of anilines is 1. The Labute approximate surface area is 259 Å². The lowest BCUT2D eigenvalue weighted by molar-refractivity contribution is -0.140. The van der Waals surface area contributed by atoms with E-state index in [0.717, 1.165) is 28.3 Å². The molecule has 232 valence electrons. The number of sulfonamides is 1. The average molecular weight is 630 g/mol. The number of aryl methyl sites for hydroxylation is 1. The highest BCUT2D eigenvalue weighted by molar-refractivity contribution is 7.92. The van der Waals surface area contributed by atoms with E-state index in [4.69, 9.17) is 21.1 Å². The van der Waals surface area contributed by atoms with E-state index in [9.17, 15) is 18.0 Å². The maximum Gasteiger partial charge on any atom is 0.264 e. The highest BCUT2D eigenvalue weighted by Crippen LogP contribution is 2.32. The number of nitrogens with one attached hydrogen (secondary N) is 1. The van der Waals surface area contributed by atoms with Crippen LogP contribution in [0.4, 0.5) is 5.69 Å². The molecule has 0 aliphatic heterocycles. The molecule has 0 aliphatic rings. The molecular weight excluding hydrogens is 590 g/mol. The van der Waals surface area contributed by atoms with Crippen molar-refractivity contribution in [3.05, 3.63) is 82.9 Å². The van der Waals surface area contributed by atoms with Gasteiger partial charge >= 0.3 is 0 Å². The molecule has 9 nitrogen and oxygen atoms in total. The number of halogens is 1. The first-order chi connectivity index (χ1) is 20.5. The van der Waals surface area contributed by atoms with Crippen molar-refractivity contribution in [2.24, 2.45) is 0 Å². The first-order valence-corrected chi connectivity index (χ1v) is 16.0. The summed E-state index contributed by atoms with van der Waals surface area (Å²) in [6.45, 7) is 5.78. The summed E-state index contributed by atoms with van der Waals surface area (Å²) in [4.78, 5) is 28.8. The van der Waals surface area contributed by atoms with E-state index in [1.807, 2.05) is 20.8 Å². The van der Waals surface area contributed by atoms with Crippen LogP contribution >= 0.6 is 11.6 Å². The maximum absolute atomic E-state index is 14.2. The second kappa shape index (κ2) is 15.6. The van der Waals surface area contributed by atoms with Crippen LogP contribution in [0.5, 0.6) is 11.5 Å². The molecule has 2 amide bonds. The molecule has 0 unspecified atom stereocenters. The summed E-state index contributed by atoms with van der Waals surface area (Å²) in [5.41, 5.74) is 1.99. The largest absolute Gasteiger partial charge is 0.493 e. The Balaban J connectivity index is 2.06. The molecule has 3 aromatic rings. The molecule has 1 atom stereocenters. The minimum Gasteiger partial charge on any atom is -0.493 e. The molecule has 0 heterocycles. The van der Waals surface area contributed by atoms with Gasteiger partial charge in [0.15, 0.2) is 11.5 Å². The fraction of sp³-hybridized carbons (Fsp3) is 0.375. The second-order valence-electron chi connectivity index (χ2n) is 10.1. The zero-order valence-corrected chi connectivity index (χ0v) is 26.9. The van der Waals surface area contributed by atoms with E-state index in [2.05, 4.69) is 5.32 Å². The Kier molecular flexibility index (Phi) is 12.3. The van der Waals surface area contributed by atoms with Crippen LogP contribution in [0.1, 0.15) is 44.2 Å². The van der Waals surface area contributed by atoms with Gasteiger partial charge in [-0.15, -0.1) is 0 Å². The van der Waals surface area contributed by atoms with Crippen LogP contribution < -0.4 is 19.1 Å². The highest BCUT2D eigenvalue weighted by Gasteiger charge is 2.34. The van der Waals surface area contributed by atoms with Crippen LogP contribution in [0, 0.1) is 6.92 Å². The number of carbonyl (C=O) groups excluding carboxylic acids is 2. The summed E-state index contributed by atoms with van der Waals surface area (Å²) in [7, 11) is -1.39. The number of hydrogen-bond donors (Lipinski definition) is 1. The fourth-order valence-corrected chi connectivity index (χ4v) is 6.11. The van der Waals surface area contributed by atoms with Gasteiger partial charge in [0, 0.05) is 24.2 Å². The van der Waals surface area contributed by atoms with E-state index in [1.165, 1.54) is 37.3 Å². The molecule has 1 N–H and O–H groups in total. The SMILES string of the molecule is CCCCNC(=O)[C@H](CC)N(Cc1ccc(Cl)cc1)C(=O)CN(c1ccc(C)cc1)S(=O)(=O)c1ccc(OC)c(OC)c1. The second-order valence-corrected chi connectivity index (χ2v) is 12.4. The molecule has 43 heavy (non-hydrogen) atoms. The van der Waals surface area contributed by atoms with E-state index >= 15 is 0 Å². The predicted molar refractivity (Wildman–Crippen MR) is 169 cm³/mol. The lowest BCUT2D eigenvalue weighted by atomic mass is 10.1. The average Bonchev–Trinajstić information content (AvgIpc) is 3.00. The Hall–Kier alpha value is -3.76. The van der Waals surface area contributed by atoms with Crippen LogP contribution in [-0.2, 0) is 26.2 Å². The number of hydrogen-bond acceptors (Lipinski definition) is 6. The quantitative estimate of drug-likeness (QED) is 0.220. The van der Waals surface area contributed by atoms with Gasteiger partial charge in [-0.2, -0.15) is 0 Å². The third-order valence-corrected chi connectivity index (χ3v) is 9.05. The van der Waals surface area contributed by atoms with Crippen molar-refractivity contribution in [1.82, 2.24) is 10.2 Å². The normalized spacial score (nSPS) is 11.9. The molecule has 0 fully saturated rings. The van der Waals surface area contributed by atoms with Gasteiger partial charge in [-0.25, -0.2) is 8.42 Å². The minimum atomic E-state index is -4.27. The summed E-state index contributed by atoms with van der Waals surface area (Å²) in [5, 5.41) is 3.46. The summed E-state index contributed by atoms with van der Waals surface area (Å²) in [6.07, 6.45) is 2.05. The summed E-state index contributed by atoms with van der Waals surface area (Å²) < 4.78 is 40.0. The molecule has 0 bridgehead atoms. The van der Waals surface area contributed by atoms with Crippen molar-refractivity contribution < 1.29 is 27.5 Å². The number of ether oxygens (including phenoxy) is 2. The Morgan fingerprint density at radius 2 is 1.58 bits per heavy atom. The molecule has 0 spiro atoms. The van der Waals surface area contributed by atoms with Gasteiger partial charge in [0.2, 0.25) is 11.8 Å². The lowest BCUT2D eigenvalue weighted by Gasteiger charge is -2.33. The molecule has 11 heteroatoms. The molecule has 0 radical (unpaired) electrons. The van der Waals surface area contributed by atoms with Crippen molar-refractivity contribution in [2.45, 2.75) is 57.5 Å². The number of methoxy groups -OCH3 is 2. The Morgan fingerprint density at radius 1 is 0.930 bits per heavy atom. The lowest BCUT2D eigenvalue weighted by Crippen LogP contribution is -2.52. The predicted octanol–water partition coefficient (Wildman–Crippen LogP) is 5.58. The first kappa shape index (κ1) is 33.7. The number of unbranched alkanes of at least 4 members (excludes halogenated alkanes) is 1. The molecule has 0 aliphatic carbocycles. The van der Waals surface area contributed by atoms with Crippen LogP contribution in [0.3, 0.4) is 0 Å². The number of benzene rings is 3. The van der Waals surface area contributed by atoms with Gasteiger partial charge in [0.05, 0.1) is 24.8 Å². The van der Waals surface area contributed by atoms with E-state index in [-0.39, 0.29) is 23.1 Å². The van der Waals surface area contributed by atoms with Crippen LogP contribution in [-0.4, -0.2) is 58.5 Å². The van der Waals surface area contributed by atoms with Crippen LogP contribution in [0.25, 0.3) is 0 Å². The van der Waals surface area contributed by atoms with Crippen molar-refractivity contribution in [3.63, 3.8) is 0 Å². The van der Waals surface area contributed by atoms with Gasteiger partial charge in [-0.3, -0.25) is 13.9 Å². The van der Waals surface area contributed by atoms with E-state index in [1.54, 1.807) is 48.5 Å². The van der Waals surface area contributed by atoms with Crippen molar-refractivity contribution in [2.75, 3.05) is 31.6 Å². The monoisotopic (exact) mass is 629 g/mol. The number of nitrogens with zero attached hydrogens (tertiary/aromatic N) is 2. The molecule has 0 saturated heterocycles. The third-order valence-electron chi connectivity index (χ3n) is 7.03. The molecule has 0 aromatic heterocycles.